The molecule has 3 heterocycles. The smallest absolute Gasteiger partial charge is 0.353 e. The molecule has 5 rings (SSSR count). The fourth-order valence-electron chi connectivity index (χ4n) is 5.15. The molecule has 0 saturated carbocycles. The highest BCUT2D eigenvalue weighted by molar-refractivity contribution is 6.07. The quantitative estimate of drug-likeness (QED) is 0.332. The van der Waals surface area contributed by atoms with Gasteiger partial charge in [0.1, 0.15) is 17.4 Å². The summed E-state index contributed by atoms with van der Waals surface area (Å²) in [6.07, 6.45) is -4.87. The Morgan fingerprint density at radius 1 is 1.18 bits per heavy atom. The van der Waals surface area contributed by atoms with Crippen LogP contribution < -0.4 is 10.6 Å². The molecule has 1 saturated heterocycles. The first-order valence-electron chi connectivity index (χ1n) is 10.2. The van der Waals surface area contributed by atoms with Gasteiger partial charge in [0.05, 0.1) is 10.8 Å². The van der Waals surface area contributed by atoms with Crippen LogP contribution in [-0.2, 0) is 10.3 Å². The number of fused-ring (bicyclic) bond motifs is 2. The van der Waals surface area contributed by atoms with Crippen molar-refractivity contribution in [1.29, 1.82) is 0 Å². The monoisotopic (exact) mass is 476 g/mol. The van der Waals surface area contributed by atoms with E-state index in [9.17, 15) is 32.5 Å². The minimum atomic E-state index is -4.87. The van der Waals surface area contributed by atoms with Crippen molar-refractivity contribution in [3.05, 3.63) is 87.0 Å². The summed E-state index contributed by atoms with van der Waals surface area (Å²) in [5, 5.41) is 20.4. The number of amides is 1. The number of hydrogen-bond donors (Lipinski definition) is 2. The molecule has 3 aromatic rings. The van der Waals surface area contributed by atoms with Crippen molar-refractivity contribution in [2.24, 2.45) is 0 Å². The van der Waals surface area contributed by atoms with Gasteiger partial charge in [-0.1, -0.05) is 35.5 Å². The summed E-state index contributed by atoms with van der Waals surface area (Å²) >= 11 is 0. The molecule has 2 aliphatic heterocycles. The lowest BCUT2D eigenvalue weighted by molar-refractivity contribution is -0.386. The number of nitrogens with one attached hydrogen (secondary N) is 2. The number of nitrogens with zero attached hydrogens (tertiary/aromatic N) is 2. The fourth-order valence-corrected chi connectivity index (χ4v) is 5.15. The highest BCUT2D eigenvalue weighted by atomic mass is 19.4. The van der Waals surface area contributed by atoms with E-state index in [2.05, 4.69) is 15.8 Å². The summed E-state index contributed by atoms with van der Waals surface area (Å²) in [6, 6.07) is 8.44. The van der Waals surface area contributed by atoms with Crippen molar-refractivity contribution in [3.8, 4) is 0 Å². The Labute approximate surface area is 189 Å². The Kier molecular flexibility index (Phi) is 4.76. The first kappa shape index (κ1) is 22.0. The van der Waals surface area contributed by atoms with Crippen LogP contribution in [0.3, 0.4) is 0 Å². The molecule has 8 nitrogen and oxygen atoms in total. The number of hydrogen-bond acceptors (Lipinski definition) is 6. The molecule has 0 aliphatic carbocycles. The van der Waals surface area contributed by atoms with Crippen molar-refractivity contribution in [2.45, 2.75) is 36.5 Å². The second kappa shape index (κ2) is 7.35. The number of carbonyl (C=O) groups is 1. The molecule has 4 atom stereocenters. The van der Waals surface area contributed by atoms with Gasteiger partial charge in [-0.2, -0.15) is 13.2 Å². The topological polar surface area (TPSA) is 110 Å². The van der Waals surface area contributed by atoms with Gasteiger partial charge < -0.3 is 9.84 Å². The summed E-state index contributed by atoms with van der Waals surface area (Å²) in [4.78, 5) is 24.5. The Morgan fingerprint density at radius 2 is 1.88 bits per heavy atom. The van der Waals surface area contributed by atoms with Crippen molar-refractivity contribution < 1.29 is 31.8 Å². The van der Waals surface area contributed by atoms with Crippen LogP contribution in [-0.4, -0.2) is 28.2 Å². The molecule has 0 bridgehead atoms. The van der Waals surface area contributed by atoms with Gasteiger partial charge in [-0.3, -0.25) is 20.2 Å². The number of rotatable bonds is 3. The Hall–Kier alpha value is -3.80. The van der Waals surface area contributed by atoms with Crippen LogP contribution in [0.25, 0.3) is 0 Å². The van der Waals surface area contributed by atoms with E-state index < -0.39 is 57.7 Å². The van der Waals surface area contributed by atoms with Gasteiger partial charge in [-0.25, -0.2) is 4.39 Å². The first-order chi connectivity index (χ1) is 16.1. The Bertz CT molecular complexity index is 1310. The molecule has 176 valence electrons. The molecule has 1 spiro atoms. The average molecular weight is 476 g/mol. The van der Waals surface area contributed by atoms with E-state index in [4.69, 9.17) is 4.52 Å². The normalized spacial score (nSPS) is 26.0. The van der Waals surface area contributed by atoms with Crippen LogP contribution >= 0.6 is 0 Å². The highest BCUT2D eigenvalue weighted by Gasteiger charge is 2.69. The van der Waals surface area contributed by atoms with Crippen LogP contribution in [0.15, 0.2) is 53.1 Å². The lowest BCUT2D eigenvalue weighted by atomic mass is 9.71. The molecule has 0 radical (unpaired) electrons. The number of halogens is 4. The second-order valence-corrected chi connectivity index (χ2v) is 8.27. The summed E-state index contributed by atoms with van der Waals surface area (Å²) < 4.78 is 62.8. The first-order valence-corrected chi connectivity index (χ1v) is 10.2. The largest absolute Gasteiger partial charge is 0.404 e. The molecule has 1 fully saturated rings. The standard InChI is InChI=1S/C22H16F4N4O4/c1-10-17(30(32)33)18(34-29-10)16-15(11-5-3-2-4-6-11)19(22(24,25)26)28-21(16)13-9-12(23)7-8-14(13)27-20(21)31/h2-9,15-16,19,28H,1H3,(H,27,31)/t15-,16+,19-,21-/m1/s1. The van der Waals surface area contributed by atoms with E-state index in [1.165, 1.54) is 37.3 Å². The molecule has 34 heavy (non-hydrogen) atoms. The maximum Gasteiger partial charge on any atom is 0.404 e. The molecule has 2 N–H and O–H groups in total. The van der Waals surface area contributed by atoms with E-state index in [1.807, 2.05) is 0 Å². The van der Waals surface area contributed by atoms with Gasteiger partial charge in [0.2, 0.25) is 11.7 Å². The van der Waals surface area contributed by atoms with Crippen LogP contribution in [0.5, 0.6) is 0 Å². The molecule has 0 unspecified atom stereocenters. The zero-order valence-corrected chi connectivity index (χ0v) is 17.4. The number of nitro groups is 1. The third kappa shape index (κ3) is 3.01. The van der Waals surface area contributed by atoms with E-state index in [-0.39, 0.29) is 22.5 Å². The number of aryl methyl sites for hydroxylation is 1. The second-order valence-electron chi connectivity index (χ2n) is 8.27. The van der Waals surface area contributed by atoms with Crippen LogP contribution in [0.1, 0.15) is 34.4 Å². The van der Waals surface area contributed by atoms with Crippen molar-refractivity contribution >= 4 is 17.3 Å². The predicted octanol–water partition coefficient (Wildman–Crippen LogP) is 4.28. The molecule has 2 aliphatic rings. The summed E-state index contributed by atoms with van der Waals surface area (Å²) in [7, 11) is 0. The molecule has 12 heteroatoms. The molecule has 1 amide bonds. The van der Waals surface area contributed by atoms with Crippen LogP contribution in [0, 0.1) is 22.9 Å². The number of benzene rings is 2. The number of aromatic nitrogens is 1. The SMILES string of the molecule is Cc1noc([C@@H]2[C@@H](c3ccccc3)[C@H](C(F)(F)F)N[C@@]23C(=O)Nc2ccc(F)cc23)c1[N+](=O)[O-]. The minimum absolute atomic E-state index is 0.0948. The van der Waals surface area contributed by atoms with Gasteiger partial charge >= 0.3 is 11.9 Å². The maximum atomic E-state index is 14.4. The van der Waals surface area contributed by atoms with E-state index >= 15 is 0 Å². The van der Waals surface area contributed by atoms with Crippen LogP contribution in [0.2, 0.25) is 0 Å². The molecule has 1 aromatic heterocycles. The van der Waals surface area contributed by atoms with Gasteiger partial charge in [0.15, 0.2) is 5.69 Å². The van der Waals surface area contributed by atoms with Gasteiger partial charge in [-0.15, -0.1) is 0 Å². The Morgan fingerprint density at radius 3 is 2.53 bits per heavy atom. The number of alkyl halides is 3. The third-order valence-electron chi connectivity index (χ3n) is 6.44. The zero-order valence-electron chi connectivity index (χ0n) is 17.4. The number of carbonyl (C=O) groups excluding carboxylic acids is 1. The fraction of sp³-hybridized carbons (Fsp3) is 0.273. The summed E-state index contributed by atoms with van der Waals surface area (Å²) in [5.74, 6) is -5.31. The van der Waals surface area contributed by atoms with Crippen molar-refractivity contribution in [1.82, 2.24) is 10.5 Å². The summed E-state index contributed by atoms with van der Waals surface area (Å²) in [5.41, 5.74) is -2.84. The highest BCUT2D eigenvalue weighted by Crippen LogP contribution is 2.60. The summed E-state index contributed by atoms with van der Waals surface area (Å²) in [6.45, 7) is 1.28. The molecular formula is C22H16F4N4O4. The lowest BCUT2D eigenvalue weighted by Crippen LogP contribution is -2.52. The van der Waals surface area contributed by atoms with Gasteiger partial charge in [-0.05, 0) is 30.7 Å². The van der Waals surface area contributed by atoms with E-state index in [1.54, 1.807) is 6.07 Å². The molecule has 2 aromatic carbocycles. The van der Waals surface area contributed by atoms with Crippen LogP contribution in [0.4, 0.5) is 28.9 Å². The van der Waals surface area contributed by atoms with E-state index in [0.717, 1.165) is 12.1 Å². The van der Waals surface area contributed by atoms with Gasteiger partial charge in [0.25, 0.3) is 0 Å². The lowest BCUT2D eigenvalue weighted by Gasteiger charge is -2.29. The minimum Gasteiger partial charge on any atom is -0.353 e. The van der Waals surface area contributed by atoms with E-state index in [0.29, 0.717) is 0 Å². The molecular weight excluding hydrogens is 460 g/mol. The maximum absolute atomic E-state index is 14.4. The zero-order chi connectivity index (χ0) is 24.4. The predicted molar refractivity (Wildman–Crippen MR) is 110 cm³/mol. The van der Waals surface area contributed by atoms with Gasteiger partial charge in [0, 0.05) is 17.2 Å². The third-order valence-corrected chi connectivity index (χ3v) is 6.44. The number of anilines is 1. The Balaban J connectivity index is 1.87. The van der Waals surface area contributed by atoms with Crippen molar-refractivity contribution in [2.75, 3.05) is 5.32 Å². The van der Waals surface area contributed by atoms with Crippen molar-refractivity contribution in [3.63, 3.8) is 0 Å². The average Bonchev–Trinajstić information content (AvgIpc) is 3.41.